The lowest BCUT2D eigenvalue weighted by Crippen LogP contribution is -2.57. The fourth-order valence-corrected chi connectivity index (χ4v) is 2.14. The van der Waals surface area contributed by atoms with Gasteiger partial charge in [0.2, 0.25) is 5.82 Å². The molecule has 0 radical (unpaired) electrons. The molecule has 0 saturated heterocycles. The fraction of sp³-hybridized carbons (Fsp3) is 0.308. The Morgan fingerprint density at radius 3 is 2.67 bits per heavy atom. The third kappa shape index (κ3) is 2.73. The minimum absolute atomic E-state index is 0.00144. The maximum atomic E-state index is 12.9. The van der Waals surface area contributed by atoms with Crippen molar-refractivity contribution >= 4 is 12.1 Å². The average molecular weight is 340 g/mol. The molecule has 3 rings (SSSR count). The highest BCUT2D eigenvalue weighted by atomic mass is 19.4. The number of hydrogen-bond donors (Lipinski definition) is 1. The molecular formula is C13H11F3N6O2. The van der Waals surface area contributed by atoms with E-state index in [1.165, 1.54) is 0 Å². The molecule has 0 saturated carbocycles. The van der Waals surface area contributed by atoms with Gasteiger partial charge in [-0.2, -0.15) is 28.1 Å². The molecule has 1 aromatic heterocycles. The zero-order valence-electron chi connectivity index (χ0n) is 12.1. The Morgan fingerprint density at radius 1 is 1.29 bits per heavy atom. The molecule has 1 aliphatic rings. The molecule has 1 N–H and O–H groups in total. The van der Waals surface area contributed by atoms with Crippen LogP contribution in [0.1, 0.15) is 6.42 Å². The Morgan fingerprint density at radius 2 is 2.00 bits per heavy atom. The molecule has 0 bridgehead atoms. The highest BCUT2D eigenvalue weighted by Crippen LogP contribution is 2.38. The second kappa shape index (κ2) is 5.67. The van der Waals surface area contributed by atoms with Gasteiger partial charge in [-0.3, -0.25) is 4.79 Å². The topological polar surface area (TPSA) is 96.5 Å². The van der Waals surface area contributed by atoms with Gasteiger partial charge in [0, 0.05) is 18.2 Å². The number of amides is 1. The van der Waals surface area contributed by atoms with Crippen LogP contribution in [0.25, 0.3) is 11.4 Å². The molecule has 126 valence electrons. The van der Waals surface area contributed by atoms with E-state index in [0.29, 0.717) is 5.56 Å². The van der Waals surface area contributed by atoms with Crippen molar-refractivity contribution in [3.8, 4) is 11.4 Å². The molecule has 8 nitrogen and oxygen atoms in total. The summed E-state index contributed by atoms with van der Waals surface area (Å²) in [5.41, 5.74) is -2.71. The van der Waals surface area contributed by atoms with E-state index in [1.54, 1.807) is 30.3 Å². The number of carbonyl (C=O) groups is 1. The number of hydrazone groups is 1. The lowest BCUT2D eigenvalue weighted by molar-refractivity contribution is -0.302. The molecule has 2 heterocycles. The van der Waals surface area contributed by atoms with Crippen LogP contribution in [0.5, 0.6) is 0 Å². The van der Waals surface area contributed by atoms with Gasteiger partial charge in [-0.25, -0.2) is 0 Å². The summed E-state index contributed by atoms with van der Waals surface area (Å²) in [6.45, 7) is -0.643. The van der Waals surface area contributed by atoms with E-state index in [1.807, 2.05) is 0 Å². The highest BCUT2D eigenvalue weighted by molar-refractivity contribution is 5.80. The van der Waals surface area contributed by atoms with E-state index in [4.69, 9.17) is 0 Å². The van der Waals surface area contributed by atoms with Gasteiger partial charge < -0.3 is 5.11 Å². The van der Waals surface area contributed by atoms with Crippen molar-refractivity contribution in [1.29, 1.82) is 0 Å². The van der Waals surface area contributed by atoms with Crippen molar-refractivity contribution in [3.05, 3.63) is 30.3 Å². The molecule has 0 fully saturated rings. The summed E-state index contributed by atoms with van der Waals surface area (Å²) in [4.78, 5) is 12.9. The lowest BCUT2D eigenvalue weighted by atomic mass is 10.1. The van der Waals surface area contributed by atoms with E-state index in [9.17, 15) is 23.1 Å². The smallest absolute Gasteiger partial charge is 0.362 e. The van der Waals surface area contributed by atoms with E-state index < -0.39 is 30.8 Å². The Balaban J connectivity index is 1.76. The summed E-state index contributed by atoms with van der Waals surface area (Å²) < 4.78 is 38.8. The number of rotatable bonds is 3. The summed E-state index contributed by atoms with van der Waals surface area (Å²) in [6.07, 6.45) is -5.04. The first-order valence-corrected chi connectivity index (χ1v) is 6.79. The van der Waals surface area contributed by atoms with Crippen LogP contribution in [0.2, 0.25) is 0 Å². The molecule has 1 amide bonds. The van der Waals surface area contributed by atoms with Gasteiger partial charge in [-0.05, 0) is 5.21 Å². The van der Waals surface area contributed by atoms with E-state index in [-0.39, 0.29) is 10.8 Å². The molecule has 0 aliphatic carbocycles. The highest BCUT2D eigenvalue weighted by Gasteiger charge is 2.61. The molecular weight excluding hydrogens is 329 g/mol. The number of hydrogen-bond acceptors (Lipinski definition) is 6. The number of aliphatic hydroxyl groups is 1. The summed E-state index contributed by atoms with van der Waals surface area (Å²) in [7, 11) is 0. The van der Waals surface area contributed by atoms with Crippen molar-refractivity contribution in [2.75, 3.05) is 0 Å². The summed E-state index contributed by atoms with van der Waals surface area (Å²) in [5.74, 6) is -0.889. The van der Waals surface area contributed by atoms with Gasteiger partial charge in [0.25, 0.3) is 11.6 Å². The van der Waals surface area contributed by atoms with Crippen LogP contribution in [0, 0.1) is 0 Å². The third-order valence-corrected chi connectivity index (χ3v) is 3.38. The number of carbonyl (C=O) groups excluding carboxylic acids is 1. The number of halogens is 3. The van der Waals surface area contributed by atoms with Crippen LogP contribution in [-0.2, 0) is 11.3 Å². The third-order valence-electron chi connectivity index (χ3n) is 3.38. The quantitative estimate of drug-likeness (QED) is 0.892. The maximum absolute atomic E-state index is 12.9. The fourth-order valence-electron chi connectivity index (χ4n) is 2.14. The van der Waals surface area contributed by atoms with Gasteiger partial charge in [0.05, 0.1) is 0 Å². The van der Waals surface area contributed by atoms with Crippen LogP contribution < -0.4 is 0 Å². The number of tetrazole rings is 1. The lowest BCUT2D eigenvalue weighted by Gasteiger charge is -2.32. The van der Waals surface area contributed by atoms with E-state index in [2.05, 4.69) is 20.5 Å². The zero-order chi connectivity index (χ0) is 17.4. The number of aromatic nitrogens is 4. The van der Waals surface area contributed by atoms with Gasteiger partial charge in [-0.15, -0.1) is 10.2 Å². The maximum Gasteiger partial charge on any atom is 0.438 e. The largest absolute Gasteiger partial charge is 0.438 e. The van der Waals surface area contributed by atoms with Crippen LogP contribution in [-0.4, -0.2) is 54.3 Å². The zero-order valence-corrected chi connectivity index (χ0v) is 12.1. The Kier molecular flexibility index (Phi) is 3.79. The number of alkyl halides is 3. The number of nitrogens with zero attached hydrogens (tertiary/aromatic N) is 6. The Bertz CT molecular complexity index is 776. The van der Waals surface area contributed by atoms with Crippen molar-refractivity contribution in [2.45, 2.75) is 24.9 Å². The molecule has 1 aliphatic heterocycles. The summed E-state index contributed by atoms with van der Waals surface area (Å²) in [6, 6.07) is 8.74. The number of benzene rings is 1. The standard InChI is InChI=1S/C13H11F3N6O2/c14-13(15,16)12(24)6-7-17-22(12)10(23)8-21-19-11(18-20-21)9-4-2-1-3-5-9/h1-5,7,24H,6,8H2. The molecule has 1 aromatic carbocycles. The van der Waals surface area contributed by atoms with Crippen LogP contribution in [0.15, 0.2) is 35.4 Å². The van der Waals surface area contributed by atoms with Crippen molar-refractivity contribution < 1.29 is 23.1 Å². The first kappa shape index (κ1) is 16.1. The minimum atomic E-state index is -5.04. The first-order valence-electron chi connectivity index (χ1n) is 6.79. The van der Waals surface area contributed by atoms with Crippen LogP contribution in [0.3, 0.4) is 0 Å². The van der Waals surface area contributed by atoms with Gasteiger partial charge in [0.15, 0.2) is 0 Å². The van der Waals surface area contributed by atoms with Crippen LogP contribution >= 0.6 is 0 Å². The van der Waals surface area contributed by atoms with Crippen molar-refractivity contribution in [1.82, 2.24) is 25.2 Å². The molecule has 2 aromatic rings. The molecule has 24 heavy (non-hydrogen) atoms. The monoisotopic (exact) mass is 340 g/mol. The normalized spacial score (nSPS) is 20.6. The second-order valence-corrected chi connectivity index (χ2v) is 5.03. The second-order valence-electron chi connectivity index (χ2n) is 5.03. The summed E-state index contributed by atoms with van der Waals surface area (Å²) >= 11 is 0. The van der Waals surface area contributed by atoms with Gasteiger partial charge >= 0.3 is 6.18 Å². The SMILES string of the molecule is O=C(Cn1nnc(-c2ccccc2)n1)N1N=CCC1(O)C(F)(F)F. The Hall–Kier alpha value is -2.82. The van der Waals surface area contributed by atoms with E-state index in [0.717, 1.165) is 11.0 Å². The first-order chi connectivity index (χ1) is 11.3. The molecule has 11 heteroatoms. The Labute approximate surface area is 133 Å². The van der Waals surface area contributed by atoms with E-state index >= 15 is 0 Å². The molecule has 1 atom stereocenters. The van der Waals surface area contributed by atoms with Gasteiger partial charge in [0.1, 0.15) is 6.54 Å². The van der Waals surface area contributed by atoms with Crippen molar-refractivity contribution in [2.24, 2.45) is 5.10 Å². The van der Waals surface area contributed by atoms with Crippen molar-refractivity contribution in [3.63, 3.8) is 0 Å². The van der Waals surface area contributed by atoms with Gasteiger partial charge in [-0.1, -0.05) is 30.3 Å². The minimum Gasteiger partial charge on any atom is -0.362 e. The summed E-state index contributed by atoms with van der Waals surface area (Å²) in [5, 5.41) is 24.3. The average Bonchev–Trinajstić information content (AvgIpc) is 3.15. The predicted molar refractivity (Wildman–Crippen MR) is 74.2 cm³/mol. The predicted octanol–water partition coefficient (Wildman–Crippen LogP) is 0.809. The van der Waals surface area contributed by atoms with Crippen LogP contribution in [0.4, 0.5) is 13.2 Å². The molecule has 0 spiro atoms. The molecule has 1 unspecified atom stereocenters.